The van der Waals surface area contributed by atoms with Crippen molar-refractivity contribution in [1.82, 2.24) is 0 Å². The van der Waals surface area contributed by atoms with E-state index in [1.807, 2.05) is 25.1 Å². The van der Waals surface area contributed by atoms with Crippen LogP contribution < -0.4 is 5.32 Å². The van der Waals surface area contributed by atoms with E-state index >= 15 is 0 Å². The summed E-state index contributed by atoms with van der Waals surface area (Å²) in [6.07, 6.45) is 1.92. The zero-order valence-electron chi connectivity index (χ0n) is 11.5. The summed E-state index contributed by atoms with van der Waals surface area (Å²) in [6, 6.07) is 14.5. The number of hydrogen-bond acceptors (Lipinski definition) is 2. The number of para-hydroxylation sites is 1. The van der Waals surface area contributed by atoms with Gasteiger partial charge >= 0.3 is 0 Å². The topological polar surface area (TPSA) is 12.0 Å². The molecule has 0 bridgehead atoms. The predicted octanol–water partition coefficient (Wildman–Crippen LogP) is 5.54. The molecule has 20 heavy (non-hydrogen) atoms. The summed E-state index contributed by atoms with van der Waals surface area (Å²) in [5, 5.41) is 4.29. The largest absolute Gasteiger partial charge is 0.380 e. The van der Waals surface area contributed by atoms with Gasteiger partial charge in [0.05, 0.1) is 0 Å². The molecule has 0 atom stereocenters. The van der Waals surface area contributed by atoms with E-state index in [0.717, 1.165) is 28.6 Å². The van der Waals surface area contributed by atoms with Crippen molar-refractivity contribution in [3.8, 4) is 0 Å². The Morgan fingerprint density at radius 2 is 2.05 bits per heavy atom. The summed E-state index contributed by atoms with van der Waals surface area (Å²) in [5.41, 5.74) is 3.44. The van der Waals surface area contributed by atoms with E-state index in [2.05, 4.69) is 42.2 Å². The molecule has 0 aliphatic rings. The third-order valence-corrected chi connectivity index (χ3v) is 4.44. The molecule has 104 valence electrons. The monoisotopic (exact) mass is 303 g/mol. The average molecular weight is 304 g/mol. The quantitative estimate of drug-likeness (QED) is 0.555. The predicted molar refractivity (Wildman–Crippen MR) is 90.9 cm³/mol. The van der Waals surface area contributed by atoms with Gasteiger partial charge in [-0.15, -0.1) is 18.3 Å². The fourth-order valence-electron chi connectivity index (χ4n) is 1.83. The molecule has 3 heteroatoms. The molecule has 2 rings (SSSR count). The summed E-state index contributed by atoms with van der Waals surface area (Å²) >= 11 is 7.93. The molecule has 0 unspecified atom stereocenters. The van der Waals surface area contributed by atoms with E-state index in [1.165, 1.54) is 10.5 Å². The van der Waals surface area contributed by atoms with Crippen LogP contribution in [-0.2, 0) is 6.54 Å². The normalized spacial score (nSPS) is 10.3. The highest BCUT2D eigenvalue weighted by Gasteiger charge is 2.02. The van der Waals surface area contributed by atoms with E-state index in [0.29, 0.717) is 0 Å². The van der Waals surface area contributed by atoms with E-state index < -0.39 is 0 Å². The number of aryl methyl sites for hydroxylation is 1. The van der Waals surface area contributed by atoms with Crippen molar-refractivity contribution in [2.75, 3.05) is 11.1 Å². The molecule has 2 aromatic carbocycles. The van der Waals surface area contributed by atoms with Gasteiger partial charge in [-0.05, 0) is 36.2 Å². The maximum atomic E-state index is 6.15. The lowest BCUT2D eigenvalue weighted by Gasteiger charge is -2.11. The summed E-state index contributed by atoms with van der Waals surface area (Å²) in [5.74, 6) is 0.912. The standard InChI is InChI=1S/C17H18ClNS/c1-3-10-20-17-7-5-4-6-16(17)19-12-14-9-8-13(2)15(18)11-14/h3-9,11,19H,1,10,12H2,2H3. The second-order valence-electron chi connectivity index (χ2n) is 4.53. The molecule has 0 aromatic heterocycles. The summed E-state index contributed by atoms with van der Waals surface area (Å²) in [6.45, 7) is 6.55. The molecule has 0 spiro atoms. The Morgan fingerprint density at radius 1 is 1.25 bits per heavy atom. The minimum Gasteiger partial charge on any atom is -0.380 e. The van der Waals surface area contributed by atoms with Gasteiger partial charge in [-0.25, -0.2) is 0 Å². The highest BCUT2D eigenvalue weighted by Crippen LogP contribution is 2.27. The van der Waals surface area contributed by atoms with Crippen molar-refractivity contribution in [3.05, 3.63) is 71.3 Å². The molecule has 0 aliphatic carbocycles. The van der Waals surface area contributed by atoms with Gasteiger partial charge in [-0.3, -0.25) is 0 Å². The third kappa shape index (κ3) is 4.06. The summed E-state index contributed by atoms with van der Waals surface area (Å²) in [7, 11) is 0. The maximum Gasteiger partial charge on any atom is 0.0481 e. The molecule has 0 fully saturated rings. The van der Waals surface area contributed by atoms with Crippen LogP contribution in [-0.4, -0.2) is 5.75 Å². The third-order valence-electron chi connectivity index (χ3n) is 2.96. The zero-order chi connectivity index (χ0) is 14.4. The van der Waals surface area contributed by atoms with Gasteiger partial charge in [0.2, 0.25) is 0 Å². The van der Waals surface area contributed by atoms with E-state index in [1.54, 1.807) is 11.8 Å². The molecule has 0 saturated heterocycles. The molecule has 0 amide bonds. The number of halogens is 1. The Labute approximate surface area is 130 Å². The zero-order valence-corrected chi connectivity index (χ0v) is 13.1. The Hall–Kier alpha value is -1.38. The van der Waals surface area contributed by atoms with Crippen LogP contribution in [0.1, 0.15) is 11.1 Å². The molecule has 0 heterocycles. The lowest BCUT2D eigenvalue weighted by Crippen LogP contribution is -2.00. The number of anilines is 1. The van der Waals surface area contributed by atoms with E-state index in [4.69, 9.17) is 11.6 Å². The fourth-order valence-corrected chi connectivity index (χ4v) is 2.80. The van der Waals surface area contributed by atoms with Gasteiger partial charge in [0.15, 0.2) is 0 Å². The van der Waals surface area contributed by atoms with Gasteiger partial charge in [-0.1, -0.05) is 41.9 Å². The Morgan fingerprint density at radius 3 is 2.80 bits per heavy atom. The number of benzene rings is 2. The second kappa shape index (κ2) is 7.41. The first-order valence-corrected chi connectivity index (χ1v) is 7.88. The molecule has 2 aromatic rings. The van der Waals surface area contributed by atoms with Crippen molar-refractivity contribution in [2.24, 2.45) is 0 Å². The highest BCUT2D eigenvalue weighted by molar-refractivity contribution is 7.99. The van der Waals surface area contributed by atoms with Gasteiger partial charge in [-0.2, -0.15) is 0 Å². The molecule has 0 radical (unpaired) electrons. The number of rotatable bonds is 6. The SMILES string of the molecule is C=CCSc1ccccc1NCc1ccc(C)c(Cl)c1. The minimum absolute atomic E-state index is 0.770. The van der Waals surface area contributed by atoms with Crippen LogP contribution in [0.15, 0.2) is 60.0 Å². The van der Waals surface area contributed by atoms with Crippen LogP contribution in [0.4, 0.5) is 5.69 Å². The van der Waals surface area contributed by atoms with Crippen LogP contribution >= 0.6 is 23.4 Å². The van der Waals surface area contributed by atoms with Crippen molar-refractivity contribution < 1.29 is 0 Å². The van der Waals surface area contributed by atoms with Gasteiger partial charge in [0.1, 0.15) is 0 Å². The Balaban J connectivity index is 2.06. The number of nitrogens with one attached hydrogen (secondary N) is 1. The number of hydrogen-bond donors (Lipinski definition) is 1. The Bertz CT molecular complexity index is 595. The van der Waals surface area contributed by atoms with E-state index in [9.17, 15) is 0 Å². The highest BCUT2D eigenvalue weighted by atomic mass is 35.5. The van der Waals surface area contributed by atoms with Crippen LogP contribution in [0.3, 0.4) is 0 Å². The van der Waals surface area contributed by atoms with Crippen LogP contribution in [0.2, 0.25) is 5.02 Å². The fraction of sp³-hybridized carbons (Fsp3) is 0.176. The van der Waals surface area contributed by atoms with Gasteiger partial charge in [0.25, 0.3) is 0 Å². The molecular weight excluding hydrogens is 286 g/mol. The maximum absolute atomic E-state index is 6.15. The second-order valence-corrected chi connectivity index (χ2v) is 6.00. The molecule has 1 nitrogen and oxygen atoms in total. The average Bonchev–Trinajstić information content (AvgIpc) is 2.47. The van der Waals surface area contributed by atoms with Crippen LogP contribution in [0.25, 0.3) is 0 Å². The lowest BCUT2D eigenvalue weighted by atomic mass is 10.1. The molecule has 1 N–H and O–H groups in total. The van der Waals surface area contributed by atoms with Crippen LogP contribution in [0, 0.1) is 6.92 Å². The number of thioether (sulfide) groups is 1. The first-order valence-electron chi connectivity index (χ1n) is 6.52. The lowest BCUT2D eigenvalue weighted by molar-refractivity contribution is 1.13. The summed E-state index contributed by atoms with van der Waals surface area (Å²) < 4.78 is 0. The van der Waals surface area contributed by atoms with Gasteiger partial charge in [0, 0.05) is 27.9 Å². The van der Waals surface area contributed by atoms with Crippen LogP contribution in [0.5, 0.6) is 0 Å². The van der Waals surface area contributed by atoms with Crippen molar-refractivity contribution in [1.29, 1.82) is 0 Å². The van der Waals surface area contributed by atoms with Crippen molar-refractivity contribution in [2.45, 2.75) is 18.4 Å². The Kier molecular flexibility index (Phi) is 5.57. The molecule has 0 saturated carbocycles. The van der Waals surface area contributed by atoms with Crippen molar-refractivity contribution in [3.63, 3.8) is 0 Å². The van der Waals surface area contributed by atoms with Gasteiger partial charge < -0.3 is 5.32 Å². The molecular formula is C17H18ClNS. The summed E-state index contributed by atoms with van der Waals surface area (Å²) in [4.78, 5) is 1.24. The van der Waals surface area contributed by atoms with Crippen molar-refractivity contribution >= 4 is 29.1 Å². The van der Waals surface area contributed by atoms with E-state index in [-0.39, 0.29) is 0 Å². The molecule has 0 aliphatic heterocycles. The smallest absolute Gasteiger partial charge is 0.0481 e. The first kappa shape index (κ1) is 15.0. The minimum atomic E-state index is 0.770. The first-order chi connectivity index (χ1) is 9.70.